The summed E-state index contributed by atoms with van der Waals surface area (Å²) in [5, 5.41) is 2.70. The second kappa shape index (κ2) is 4.42. The quantitative estimate of drug-likeness (QED) is 0.637. The van der Waals surface area contributed by atoms with E-state index < -0.39 is 6.04 Å². The fourth-order valence-corrected chi connectivity index (χ4v) is 1.68. The first-order valence-corrected chi connectivity index (χ1v) is 5.23. The van der Waals surface area contributed by atoms with Crippen molar-refractivity contribution in [2.24, 2.45) is 0 Å². The van der Waals surface area contributed by atoms with Gasteiger partial charge in [0.05, 0.1) is 0 Å². The molecule has 2 rings (SSSR count). The number of rotatable bonds is 1. The van der Waals surface area contributed by atoms with Crippen LogP contribution < -0.4 is 5.32 Å². The van der Waals surface area contributed by atoms with Gasteiger partial charge in [0.1, 0.15) is 25.5 Å². The van der Waals surface area contributed by atoms with Crippen LogP contribution in [0.25, 0.3) is 0 Å². The van der Waals surface area contributed by atoms with Gasteiger partial charge in [0.25, 0.3) is 5.91 Å². The fraction of sp³-hybridized carbons (Fsp3) is 0.600. The molecule has 16 heavy (non-hydrogen) atoms. The van der Waals surface area contributed by atoms with E-state index in [9.17, 15) is 9.59 Å². The van der Waals surface area contributed by atoms with Crippen molar-refractivity contribution in [3.63, 3.8) is 0 Å². The highest BCUT2D eigenvalue weighted by Crippen LogP contribution is 2.12. The second-order valence-electron chi connectivity index (χ2n) is 3.67. The van der Waals surface area contributed by atoms with E-state index in [1.54, 1.807) is 6.92 Å². The third kappa shape index (κ3) is 1.95. The van der Waals surface area contributed by atoms with Crippen LogP contribution in [0.3, 0.4) is 0 Å². The number of piperazine rings is 1. The van der Waals surface area contributed by atoms with Gasteiger partial charge in [-0.05, 0) is 6.92 Å². The molecule has 0 aliphatic carbocycles. The van der Waals surface area contributed by atoms with Gasteiger partial charge in [0, 0.05) is 13.1 Å². The summed E-state index contributed by atoms with van der Waals surface area (Å²) in [7, 11) is 0. The van der Waals surface area contributed by atoms with E-state index in [2.05, 4.69) is 5.32 Å². The summed E-state index contributed by atoms with van der Waals surface area (Å²) in [5.74, 6) is -0.258. The zero-order chi connectivity index (χ0) is 11.5. The maximum absolute atomic E-state index is 12.0. The molecule has 0 spiro atoms. The molecule has 88 valence electrons. The molecule has 6 nitrogen and oxygen atoms in total. The minimum Gasteiger partial charge on any atom is -0.494 e. The van der Waals surface area contributed by atoms with Gasteiger partial charge in [-0.15, -0.1) is 0 Å². The Kier molecular flexibility index (Phi) is 2.98. The Labute approximate surface area is 93.2 Å². The van der Waals surface area contributed by atoms with Gasteiger partial charge in [0.15, 0.2) is 0 Å². The lowest BCUT2D eigenvalue weighted by molar-refractivity contribution is -0.143. The number of amides is 2. The highest BCUT2D eigenvalue weighted by molar-refractivity contribution is 5.96. The van der Waals surface area contributed by atoms with Crippen molar-refractivity contribution in [2.75, 3.05) is 26.3 Å². The molecule has 1 N–H and O–H groups in total. The minimum absolute atomic E-state index is 0.142. The number of hydrogen-bond donors (Lipinski definition) is 1. The number of hydrogen-bond acceptors (Lipinski definition) is 4. The van der Waals surface area contributed by atoms with E-state index in [0.29, 0.717) is 26.3 Å². The Morgan fingerprint density at radius 3 is 3.06 bits per heavy atom. The third-order valence-corrected chi connectivity index (χ3v) is 2.62. The van der Waals surface area contributed by atoms with Crippen LogP contribution in [0.4, 0.5) is 0 Å². The summed E-state index contributed by atoms with van der Waals surface area (Å²) in [6, 6.07) is -0.465. The number of nitrogens with one attached hydrogen (secondary N) is 1. The molecule has 1 saturated heterocycles. The third-order valence-electron chi connectivity index (χ3n) is 2.62. The first kappa shape index (κ1) is 10.8. The highest BCUT2D eigenvalue weighted by Gasteiger charge is 2.32. The molecule has 6 heteroatoms. The number of ether oxygens (including phenoxy) is 2. The molecule has 0 radical (unpaired) electrons. The second-order valence-corrected chi connectivity index (χ2v) is 3.67. The Hall–Kier alpha value is -1.72. The molecule has 0 aromatic rings. The van der Waals surface area contributed by atoms with E-state index in [0.717, 1.165) is 0 Å². The molecular formula is C10H14N2O4. The molecule has 0 saturated carbocycles. The summed E-state index contributed by atoms with van der Waals surface area (Å²) in [5.41, 5.74) is 0. The molecule has 0 aromatic heterocycles. The van der Waals surface area contributed by atoms with E-state index in [1.807, 2.05) is 0 Å². The minimum atomic E-state index is -0.465. The zero-order valence-electron chi connectivity index (χ0n) is 9.06. The maximum Gasteiger partial charge on any atom is 0.292 e. The average molecular weight is 226 g/mol. The van der Waals surface area contributed by atoms with Gasteiger partial charge in [-0.1, -0.05) is 0 Å². The van der Waals surface area contributed by atoms with E-state index in [-0.39, 0.29) is 17.6 Å². The predicted molar refractivity (Wildman–Crippen MR) is 54.2 cm³/mol. The van der Waals surface area contributed by atoms with Crippen molar-refractivity contribution >= 4 is 11.8 Å². The molecule has 2 heterocycles. The number of carbonyl (C=O) groups is 2. The highest BCUT2D eigenvalue weighted by atomic mass is 16.6. The van der Waals surface area contributed by atoms with Crippen molar-refractivity contribution in [1.82, 2.24) is 10.2 Å². The Morgan fingerprint density at radius 1 is 1.56 bits per heavy atom. The largest absolute Gasteiger partial charge is 0.494 e. The topological polar surface area (TPSA) is 67.9 Å². The van der Waals surface area contributed by atoms with Gasteiger partial charge < -0.3 is 19.7 Å². The van der Waals surface area contributed by atoms with Gasteiger partial charge in [-0.2, -0.15) is 0 Å². The lowest BCUT2D eigenvalue weighted by atomic mass is 10.2. The Balaban J connectivity index is 2.08. The lowest BCUT2D eigenvalue weighted by Crippen LogP contribution is -2.56. The normalized spacial score (nSPS) is 25.1. The van der Waals surface area contributed by atoms with Crippen LogP contribution >= 0.6 is 0 Å². The van der Waals surface area contributed by atoms with Gasteiger partial charge >= 0.3 is 0 Å². The summed E-state index contributed by atoms with van der Waals surface area (Å²) in [6.45, 7) is 3.48. The van der Waals surface area contributed by atoms with Crippen molar-refractivity contribution in [3.8, 4) is 0 Å². The van der Waals surface area contributed by atoms with Crippen LogP contribution in [-0.4, -0.2) is 49.1 Å². The van der Waals surface area contributed by atoms with Crippen molar-refractivity contribution in [2.45, 2.75) is 13.0 Å². The van der Waals surface area contributed by atoms with Gasteiger partial charge in [0.2, 0.25) is 11.7 Å². The van der Waals surface area contributed by atoms with Crippen LogP contribution in [0.2, 0.25) is 0 Å². The summed E-state index contributed by atoms with van der Waals surface area (Å²) < 4.78 is 10.2. The molecule has 1 fully saturated rings. The Bertz CT molecular complexity index is 340. The molecule has 2 aliphatic rings. The Morgan fingerprint density at radius 2 is 2.38 bits per heavy atom. The number of nitrogens with zero attached hydrogens (tertiary/aromatic N) is 1. The van der Waals surface area contributed by atoms with Crippen molar-refractivity contribution in [1.29, 1.82) is 0 Å². The van der Waals surface area contributed by atoms with Crippen LogP contribution in [0.15, 0.2) is 12.0 Å². The van der Waals surface area contributed by atoms with E-state index in [1.165, 1.54) is 11.2 Å². The molecule has 0 bridgehead atoms. The SMILES string of the molecule is CC1C(=O)NCCN1C(=O)C1=COCCO1. The molecule has 2 aliphatic heterocycles. The van der Waals surface area contributed by atoms with Crippen LogP contribution in [0.5, 0.6) is 0 Å². The molecule has 0 aromatic carbocycles. The standard InChI is InChI=1S/C10H14N2O4/c1-7-9(13)11-2-3-12(7)10(14)8-6-15-4-5-16-8/h6-7H,2-5H2,1H3,(H,11,13). The molecule has 1 atom stereocenters. The zero-order valence-corrected chi connectivity index (χ0v) is 9.06. The lowest BCUT2D eigenvalue weighted by Gasteiger charge is -2.33. The molecule has 1 unspecified atom stereocenters. The molecular weight excluding hydrogens is 212 g/mol. The maximum atomic E-state index is 12.0. The predicted octanol–water partition coefficient (Wildman–Crippen LogP) is -0.778. The first-order chi connectivity index (χ1) is 7.70. The van der Waals surface area contributed by atoms with Crippen LogP contribution in [0, 0.1) is 0 Å². The first-order valence-electron chi connectivity index (χ1n) is 5.23. The summed E-state index contributed by atoms with van der Waals surface area (Å²) in [4.78, 5) is 24.9. The van der Waals surface area contributed by atoms with E-state index >= 15 is 0 Å². The van der Waals surface area contributed by atoms with Crippen molar-refractivity contribution in [3.05, 3.63) is 12.0 Å². The van der Waals surface area contributed by atoms with Gasteiger partial charge in [-0.25, -0.2) is 0 Å². The smallest absolute Gasteiger partial charge is 0.292 e. The summed E-state index contributed by atoms with van der Waals surface area (Å²) >= 11 is 0. The van der Waals surface area contributed by atoms with E-state index in [4.69, 9.17) is 9.47 Å². The monoisotopic (exact) mass is 226 g/mol. The van der Waals surface area contributed by atoms with Gasteiger partial charge in [-0.3, -0.25) is 9.59 Å². The molecule has 2 amide bonds. The fourth-order valence-electron chi connectivity index (χ4n) is 1.68. The van der Waals surface area contributed by atoms with Crippen molar-refractivity contribution < 1.29 is 19.1 Å². The summed E-state index contributed by atoms with van der Waals surface area (Å²) in [6.07, 6.45) is 1.31. The van der Waals surface area contributed by atoms with Crippen LogP contribution in [-0.2, 0) is 19.1 Å². The average Bonchev–Trinajstić information content (AvgIpc) is 2.33. The number of carbonyl (C=O) groups excluding carboxylic acids is 2. The van der Waals surface area contributed by atoms with Crippen LogP contribution in [0.1, 0.15) is 6.92 Å².